The number of alkyl halides is 11. The van der Waals surface area contributed by atoms with Gasteiger partial charge in [-0.3, -0.25) is 0 Å². The number of rotatable bonds is 8. The zero-order valence-corrected chi connectivity index (χ0v) is 13.1. The highest BCUT2D eigenvalue weighted by atomic mass is 28.4. The third-order valence-corrected chi connectivity index (χ3v) is 5.72. The predicted octanol–water partition coefficient (Wildman–Crippen LogP) is 3.97. The van der Waals surface area contributed by atoms with Crippen LogP contribution in [0.4, 0.5) is 48.3 Å². The molecule has 0 aliphatic heterocycles. The second kappa shape index (κ2) is 6.57. The molecule has 0 heterocycles. The van der Waals surface area contributed by atoms with E-state index in [4.69, 9.17) is 0 Å². The van der Waals surface area contributed by atoms with Crippen molar-refractivity contribution in [1.82, 2.24) is 0 Å². The van der Waals surface area contributed by atoms with Crippen molar-refractivity contribution in [2.45, 2.75) is 35.9 Å². The zero-order chi connectivity index (χ0) is 19.8. The lowest BCUT2D eigenvalue weighted by atomic mass is 9.99. The van der Waals surface area contributed by atoms with E-state index in [-0.39, 0.29) is 0 Å². The molecule has 0 aliphatic rings. The third-order valence-electron chi connectivity index (χ3n) is 2.98. The zero-order valence-electron chi connectivity index (χ0n) is 12.1. The molecule has 0 rings (SSSR count). The lowest BCUT2D eigenvalue weighted by molar-refractivity contribution is -0.420. The Morgan fingerprint density at radius 3 is 1.17 bits per heavy atom. The van der Waals surface area contributed by atoms with Crippen LogP contribution < -0.4 is 0 Å². The van der Waals surface area contributed by atoms with Gasteiger partial charge in [0.05, 0.1) is 6.04 Å². The molecule has 0 N–H and O–H groups in total. The first-order chi connectivity index (χ1) is 10.4. The van der Waals surface area contributed by atoms with Gasteiger partial charge in [-0.05, 0) is 0 Å². The van der Waals surface area contributed by atoms with Crippen LogP contribution in [0.15, 0.2) is 0 Å². The Labute approximate surface area is 129 Å². The fraction of sp³-hybridized carbons (Fsp3) is 1.00. The summed E-state index contributed by atoms with van der Waals surface area (Å²) in [5.41, 5.74) is 0. The summed E-state index contributed by atoms with van der Waals surface area (Å²) in [5.74, 6) is -28.1. The maximum absolute atomic E-state index is 13.5. The summed E-state index contributed by atoms with van der Waals surface area (Å²) in [5, 5.41) is 0. The third kappa shape index (κ3) is 3.48. The molecule has 3 nitrogen and oxygen atoms in total. The first-order valence-electron chi connectivity index (χ1n) is 5.62. The number of hydrogen-bond donors (Lipinski definition) is 0. The molecule has 0 aliphatic carbocycles. The normalized spacial score (nSPS) is 15.8. The van der Waals surface area contributed by atoms with Crippen LogP contribution in [0.5, 0.6) is 0 Å². The van der Waals surface area contributed by atoms with E-state index >= 15 is 0 Å². The molecule has 15 heteroatoms. The minimum absolute atomic E-state index is 0.607. The van der Waals surface area contributed by atoms with E-state index in [0.29, 0.717) is 21.3 Å². The topological polar surface area (TPSA) is 27.7 Å². The van der Waals surface area contributed by atoms with Crippen molar-refractivity contribution < 1.29 is 61.6 Å². The first-order valence-corrected chi connectivity index (χ1v) is 7.55. The van der Waals surface area contributed by atoms with Crippen molar-refractivity contribution in [3.05, 3.63) is 0 Å². The highest BCUT2D eigenvalue weighted by Gasteiger charge is 2.87. The first kappa shape index (κ1) is 23.3. The molecule has 0 fully saturated rings. The van der Waals surface area contributed by atoms with Crippen molar-refractivity contribution in [3.63, 3.8) is 0 Å². The van der Waals surface area contributed by atoms with Gasteiger partial charge < -0.3 is 13.3 Å². The summed E-state index contributed by atoms with van der Waals surface area (Å²) in [4.78, 5) is 0. The minimum Gasteiger partial charge on any atom is -0.377 e. The van der Waals surface area contributed by atoms with E-state index in [0.717, 1.165) is 0 Å². The van der Waals surface area contributed by atoms with Crippen LogP contribution in [0.3, 0.4) is 0 Å². The van der Waals surface area contributed by atoms with E-state index in [1.807, 2.05) is 0 Å². The SMILES string of the molecule is CO[Si](CC(F)(F)C(F)(F)C(F)(F)C(F)(F)C(F)(F)F)(OC)OC. The van der Waals surface area contributed by atoms with Gasteiger partial charge in [0, 0.05) is 21.3 Å². The molecule has 146 valence electrons. The van der Waals surface area contributed by atoms with Gasteiger partial charge >= 0.3 is 38.7 Å². The summed E-state index contributed by atoms with van der Waals surface area (Å²) in [7, 11) is -2.91. The molecule has 0 spiro atoms. The quantitative estimate of drug-likeness (QED) is 0.453. The highest BCUT2D eigenvalue weighted by Crippen LogP contribution is 2.58. The summed E-state index contributed by atoms with van der Waals surface area (Å²) in [6.07, 6.45) is -7.20. The standard InChI is InChI=1S/C9H11F11O3Si/c1-21-24(22-2,23-3)4-5(10,11)6(12,13)7(14,15)8(16,17)9(18,19)20/h4H2,1-3H3. The van der Waals surface area contributed by atoms with Crippen LogP contribution in [-0.2, 0) is 13.3 Å². The van der Waals surface area contributed by atoms with Gasteiger partial charge in [0.1, 0.15) is 0 Å². The Balaban J connectivity index is 6.02. The average Bonchev–Trinajstić information content (AvgIpc) is 2.43. The highest BCUT2D eigenvalue weighted by molar-refractivity contribution is 6.60. The van der Waals surface area contributed by atoms with Gasteiger partial charge in [-0.1, -0.05) is 0 Å². The number of hydrogen-bond acceptors (Lipinski definition) is 3. The molecule has 0 aromatic rings. The van der Waals surface area contributed by atoms with E-state index in [9.17, 15) is 48.3 Å². The molecular weight excluding hydrogens is 393 g/mol. The summed E-state index contributed by atoms with van der Waals surface area (Å²) >= 11 is 0. The number of halogens is 11. The van der Waals surface area contributed by atoms with Gasteiger partial charge in [-0.15, -0.1) is 0 Å². The van der Waals surface area contributed by atoms with Gasteiger partial charge in [0.15, 0.2) is 0 Å². The van der Waals surface area contributed by atoms with E-state index in [1.54, 1.807) is 0 Å². The molecule has 0 bridgehead atoms. The maximum Gasteiger partial charge on any atom is 0.506 e. The van der Waals surface area contributed by atoms with Gasteiger partial charge in [0.25, 0.3) is 0 Å². The lowest BCUT2D eigenvalue weighted by Gasteiger charge is -2.38. The Hall–Kier alpha value is -0.673. The molecule has 0 saturated carbocycles. The van der Waals surface area contributed by atoms with Crippen LogP contribution >= 0.6 is 0 Å². The van der Waals surface area contributed by atoms with Crippen LogP contribution in [0.25, 0.3) is 0 Å². The predicted molar refractivity (Wildman–Crippen MR) is 57.4 cm³/mol. The van der Waals surface area contributed by atoms with E-state index in [2.05, 4.69) is 13.3 Å². The molecule has 0 radical (unpaired) electrons. The Kier molecular flexibility index (Phi) is 6.38. The molecule has 24 heavy (non-hydrogen) atoms. The van der Waals surface area contributed by atoms with Crippen LogP contribution in [-0.4, -0.2) is 60.0 Å². The van der Waals surface area contributed by atoms with Crippen molar-refractivity contribution in [2.75, 3.05) is 21.3 Å². The van der Waals surface area contributed by atoms with Gasteiger partial charge in [-0.25, -0.2) is 0 Å². The Bertz CT molecular complexity index is 425. The van der Waals surface area contributed by atoms with Crippen LogP contribution in [0, 0.1) is 0 Å². The van der Waals surface area contributed by atoms with Crippen molar-refractivity contribution >= 4 is 8.80 Å². The monoisotopic (exact) mass is 404 g/mol. The maximum atomic E-state index is 13.5. The molecule has 0 unspecified atom stereocenters. The largest absolute Gasteiger partial charge is 0.506 e. The molecular formula is C9H11F11O3Si. The fourth-order valence-electron chi connectivity index (χ4n) is 1.45. The average molecular weight is 404 g/mol. The van der Waals surface area contributed by atoms with E-state index in [1.165, 1.54) is 0 Å². The van der Waals surface area contributed by atoms with Gasteiger partial charge in [-0.2, -0.15) is 48.3 Å². The van der Waals surface area contributed by atoms with Crippen LogP contribution in [0.1, 0.15) is 0 Å². The van der Waals surface area contributed by atoms with Crippen molar-refractivity contribution in [3.8, 4) is 0 Å². The summed E-state index contributed by atoms with van der Waals surface area (Å²) < 4.78 is 154. The van der Waals surface area contributed by atoms with Crippen molar-refractivity contribution in [1.29, 1.82) is 0 Å². The second-order valence-electron chi connectivity index (χ2n) is 4.40. The molecule has 0 amide bonds. The van der Waals surface area contributed by atoms with Crippen molar-refractivity contribution in [2.24, 2.45) is 0 Å². The summed E-state index contributed by atoms with van der Waals surface area (Å²) in [6.45, 7) is 0. The second-order valence-corrected chi connectivity index (χ2v) is 7.34. The van der Waals surface area contributed by atoms with Gasteiger partial charge in [0.2, 0.25) is 0 Å². The summed E-state index contributed by atoms with van der Waals surface area (Å²) in [6, 6.07) is -2.47. The van der Waals surface area contributed by atoms with Crippen LogP contribution in [0.2, 0.25) is 6.04 Å². The van der Waals surface area contributed by atoms with E-state index < -0.39 is 44.7 Å². The Morgan fingerprint density at radius 1 is 0.583 bits per heavy atom. The lowest BCUT2D eigenvalue weighted by Crippen LogP contribution is -2.67. The smallest absolute Gasteiger partial charge is 0.377 e. The molecule has 0 saturated heterocycles. The molecule has 0 aromatic carbocycles. The minimum atomic E-state index is -7.46. The molecule has 0 aromatic heterocycles. The molecule has 0 atom stereocenters. The Morgan fingerprint density at radius 2 is 0.917 bits per heavy atom. The fourth-order valence-corrected chi connectivity index (χ4v) is 3.15.